The molecule has 20 heavy (non-hydrogen) atoms. The Morgan fingerprint density at radius 3 is 2.50 bits per heavy atom. The average molecular weight is 274 g/mol. The van der Waals surface area contributed by atoms with Gasteiger partial charge in [0, 0.05) is 31.7 Å². The highest BCUT2D eigenvalue weighted by Crippen LogP contribution is 2.16. The maximum Gasteiger partial charge on any atom is 0.224 e. The number of hydrogen-bond acceptors (Lipinski definition) is 2. The fourth-order valence-electron chi connectivity index (χ4n) is 2.79. The summed E-state index contributed by atoms with van der Waals surface area (Å²) in [5.41, 5.74) is 3.65. The molecule has 110 valence electrons. The summed E-state index contributed by atoms with van der Waals surface area (Å²) in [5.74, 6) is 0.296. The second kappa shape index (κ2) is 7.32. The van der Waals surface area contributed by atoms with Gasteiger partial charge >= 0.3 is 0 Å². The molecular formula is C17H26N2O. The summed E-state index contributed by atoms with van der Waals surface area (Å²) in [5, 5.41) is 3.38. The maximum atomic E-state index is 12.2. The molecule has 1 heterocycles. The largest absolute Gasteiger partial charge is 0.384 e. The molecule has 1 aromatic rings. The highest BCUT2D eigenvalue weighted by molar-refractivity contribution is 5.76. The van der Waals surface area contributed by atoms with Crippen LogP contribution in [0.15, 0.2) is 18.2 Å². The molecule has 0 unspecified atom stereocenters. The van der Waals surface area contributed by atoms with E-state index in [9.17, 15) is 4.79 Å². The monoisotopic (exact) mass is 274 g/mol. The summed E-state index contributed by atoms with van der Waals surface area (Å²) in [6.45, 7) is 6.82. The summed E-state index contributed by atoms with van der Waals surface area (Å²) < 4.78 is 0. The molecule has 0 spiro atoms. The van der Waals surface area contributed by atoms with Crippen molar-refractivity contribution in [2.45, 2.75) is 46.0 Å². The van der Waals surface area contributed by atoms with Crippen LogP contribution in [0.25, 0.3) is 0 Å². The number of nitrogens with zero attached hydrogens (tertiary/aromatic N) is 1. The highest BCUT2D eigenvalue weighted by Gasteiger charge is 2.14. The summed E-state index contributed by atoms with van der Waals surface area (Å²) in [7, 11) is 0. The van der Waals surface area contributed by atoms with Crippen LogP contribution in [0.4, 0.5) is 5.69 Å². The van der Waals surface area contributed by atoms with E-state index < -0.39 is 0 Å². The van der Waals surface area contributed by atoms with E-state index in [0.29, 0.717) is 12.3 Å². The normalized spacial score (nSPS) is 15.8. The van der Waals surface area contributed by atoms with E-state index in [1.165, 1.54) is 24.0 Å². The Morgan fingerprint density at radius 1 is 1.15 bits per heavy atom. The maximum absolute atomic E-state index is 12.2. The molecule has 3 nitrogen and oxygen atoms in total. The molecule has 0 aromatic heterocycles. The number of hydrogen-bond donors (Lipinski definition) is 1. The minimum atomic E-state index is 0.296. The van der Waals surface area contributed by atoms with Crippen molar-refractivity contribution >= 4 is 11.6 Å². The number of benzene rings is 1. The fourth-order valence-corrected chi connectivity index (χ4v) is 2.79. The Labute approximate surface area is 122 Å². The molecular weight excluding hydrogens is 248 g/mol. The van der Waals surface area contributed by atoms with Gasteiger partial charge in [-0.1, -0.05) is 30.5 Å². The first kappa shape index (κ1) is 14.9. The van der Waals surface area contributed by atoms with Gasteiger partial charge in [-0.2, -0.15) is 0 Å². The molecule has 1 aromatic carbocycles. The number of aryl methyl sites for hydroxylation is 2. The summed E-state index contributed by atoms with van der Waals surface area (Å²) in [6, 6.07) is 6.37. The molecule has 3 heteroatoms. The second-order valence-electron chi connectivity index (χ2n) is 5.79. The molecule has 1 saturated heterocycles. The van der Waals surface area contributed by atoms with Gasteiger partial charge in [0.2, 0.25) is 5.91 Å². The Morgan fingerprint density at radius 2 is 1.85 bits per heavy atom. The van der Waals surface area contributed by atoms with Gasteiger partial charge in [0.1, 0.15) is 0 Å². The van der Waals surface area contributed by atoms with E-state index >= 15 is 0 Å². The number of carbonyl (C=O) groups is 1. The lowest BCUT2D eigenvalue weighted by Gasteiger charge is -2.20. The molecule has 0 saturated carbocycles. The second-order valence-corrected chi connectivity index (χ2v) is 5.79. The molecule has 0 radical (unpaired) electrons. The fraction of sp³-hybridized carbons (Fsp3) is 0.588. The number of rotatable bonds is 4. The van der Waals surface area contributed by atoms with E-state index in [-0.39, 0.29) is 0 Å². The van der Waals surface area contributed by atoms with Gasteiger partial charge in [0.05, 0.1) is 0 Å². The number of anilines is 1. The van der Waals surface area contributed by atoms with Crippen LogP contribution in [0.1, 0.15) is 43.2 Å². The van der Waals surface area contributed by atoms with Crippen molar-refractivity contribution in [3.63, 3.8) is 0 Å². The van der Waals surface area contributed by atoms with Crippen molar-refractivity contribution in [1.29, 1.82) is 0 Å². The van der Waals surface area contributed by atoms with Crippen LogP contribution >= 0.6 is 0 Å². The first-order valence-electron chi connectivity index (χ1n) is 7.76. The zero-order chi connectivity index (χ0) is 14.4. The van der Waals surface area contributed by atoms with Gasteiger partial charge in [0.25, 0.3) is 0 Å². The van der Waals surface area contributed by atoms with Crippen molar-refractivity contribution in [3.8, 4) is 0 Å². The van der Waals surface area contributed by atoms with Crippen LogP contribution in [0.2, 0.25) is 0 Å². The Balaban J connectivity index is 1.78. The molecule has 0 aliphatic carbocycles. The average Bonchev–Trinajstić information content (AvgIpc) is 2.70. The van der Waals surface area contributed by atoms with E-state index in [1.54, 1.807) is 0 Å². The zero-order valence-electron chi connectivity index (χ0n) is 12.7. The topological polar surface area (TPSA) is 32.3 Å². The molecule has 2 rings (SSSR count). The van der Waals surface area contributed by atoms with Gasteiger partial charge in [-0.25, -0.2) is 0 Å². The molecule has 0 atom stereocenters. The van der Waals surface area contributed by atoms with Crippen molar-refractivity contribution < 1.29 is 4.79 Å². The van der Waals surface area contributed by atoms with Gasteiger partial charge in [-0.3, -0.25) is 4.79 Å². The van der Waals surface area contributed by atoms with Crippen molar-refractivity contribution in [1.82, 2.24) is 4.90 Å². The smallest absolute Gasteiger partial charge is 0.224 e. The molecule has 1 N–H and O–H groups in total. The number of carbonyl (C=O) groups excluding carboxylic acids is 1. The number of likely N-dealkylation sites (tertiary alicyclic amines) is 1. The van der Waals surface area contributed by atoms with Crippen LogP contribution in [-0.2, 0) is 4.79 Å². The van der Waals surface area contributed by atoms with Crippen molar-refractivity contribution in [3.05, 3.63) is 29.3 Å². The van der Waals surface area contributed by atoms with Crippen LogP contribution in [0.5, 0.6) is 0 Å². The van der Waals surface area contributed by atoms with Crippen LogP contribution in [-0.4, -0.2) is 30.4 Å². The van der Waals surface area contributed by atoms with Crippen molar-refractivity contribution in [2.75, 3.05) is 25.0 Å². The van der Waals surface area contributed by atoms with Crippen molar-refractivity contribution in [2.24, 2.45) is 0 Å². The third-order valence-corrected chi connectivity index (χ3v) is 3.99. The third kappa shape index (κ3) is 4.26. The SMILES string of the molecule is Cc1ccc(NCCC(=O)N2CCCCCC2)c(C)c1. The predicted molar refractivity (Wildman–Crippen MR) is 84.1 cm³/mol. The molecule has 1 aliphatic rings. The predicted octanol–water partition coefficient (Wildman–Crippen LogP) is 3.51. The van der Waals surface area contributed by atoms with Crippen LogP contribution < -0.4 is 5.32 Å². The summed E-state index contributed by atoms with van der Waals surface area (Å²) in [6.07, 6.45) is 5.45. The molecule has 1 aliphatic heterocycles. The molecule has 1 fully saturated rings. The molecule has 0 bridgehead atoms. The number of amides is 1. The molecule has 1 amide bonds. The van der Waals surface area contributed by atoms with Crippen LogP contribution in [0.3, 0.4) is 0 Å². The van der Waals surface area contributed by atoms with E-state index in [1.807, 2.05) is 4.90 Å². The van der Waals surface area contributed by atoms with Crippen LogP contribution in [0, 0.1) is 13.8 Å². The third-order valence-electron chi connectivity index (χ3n) is 3.99. The summed E-state index contributed by atoms with van der Waals surface area (Å²) in [4.78, 5) is 14.2. The van der Waals surface area contributed by atoms with Gasteiger partial charge in [0.15, 0.2) is 0 Å². The quantitative estimate of drug-likeness (QED) is 0.911. The van der Waals surface area contributed by atoms with E-state index in [2.05, 4.69) is 37.4 Å². The standard InChI is InChI=1S/C17H26N2O/c1-14-7-8-16(15(2)13-14)18-10-9-17(20)19-11-5-3-4-6-12-19/h7-8,13,18H,3-6,9-12H2,1-2H3. The first-order valence-corrected chi connectivity index (χ1v) is 7.76. The lowest BCUT2D eigenvalue weighted by Crippen LogP contribution is -2.32. The van der Waals surface area contributed by atoms with Gasteiger partial charge < -0.3 is 10.2 Å². The zero-order valence-corrected chi connectivity index (χ0v) is 12.7. The first-order chi connectivity index (χ1) is 9.66. The Kier molecular flexibility index (Phi) is 5.45. The lowest BCUT2D eigenvalue weighted by atomic mass is 10.1. The minimum Gasteiger partial charge on any atom is -0.384 e. The Hall–Kier alpha value is -1.51. The lowest BCUT2D eigenvalue weighted by molar-refractivity contribution is -0.130. The summed E-state index contributed by atoms with van der Waals surface area (Å²) >= 11 is 0. The Bertz CT molecular complexity index is 448. The minimum absolute atomic E-state index is 0.296. The highest BCUT2D eigenvalue weighted by atomic mass is 16.2. The van der Waals surface area contributed by atoms with Gasteiger partial charge in [-0.05, 0) is 38.3 Å². The van der Waals surface area contributed by atoms with E-state index in [4.69, 9.17) is 0 Å². The van der Waals surface area contributed by atoms with Gasteiger partial charge in [-0.15, -0.1) is 0 Å². The van der Waals surface area contributed by atoms with E-state index in [0.717, 1.165) is 38.2 Å². The number of nitrogens with one attached hydrogen (secondary N) is 1.